The summed E-state index contributed by atoms with van der Waals surface area (Å²) in [6, 6.07) is 2.28. The van der Waals surface area contributed by atoms with Gasteiger partial charge in [-0.05, 0) is 30.9 Å². The summed E-state index contributed by atoms with van der Waals surface area (Å²) in [4.78, 5) is 32.4. The Labute approximate surface area is 175 Å². The fraction of sp³-hybridized carbons (Fsp3) is 0.667. The number of primary amides is 1. The lowest BCUT2D eigenvalue weighted by molar-refractivity contribution is -0.142. The highest BCUT2D eigenvalue weighted by atomic mass is 19.4. The first-order valence-corrected chi connectivity index (χ1v) is 10.4. The van der Waals surface area contributed by atoms with Crippen LogP contribution in [0.25, 0.3) is 0 Å². The minimum atomic E-state index is -4.49. The molecule has 0 spiro atoms. The van der Waals surface area contributed by atoms with E-state index >= 15 is 0 Å². The first kappa shape index (κ1) is 24.0. The smallest absolute Gasteiger partial charge is 0.369 e. The van der Waals surface area contributed by atoms with Gasteiger partial charge >= 0.3 is 6.18 Å². The highest BCUT2D eigenvalue weighted by molar-refractivity contribution is 5.87. The van der Waals surface area contributed by atoms with Gasteiger partial charge in [-0.25, -0.2) is 4.98 Å². The van der Waals surface area contributed by atoms with E-state index in [-0.39, 0.29) is 43.8 Å². The first-order chi connectivity index (χ1) is 14.1. The number of amides is 2. The normalized spacial score (nSPS) is 17.2. The van der Waals surface area contributed by atoms with Crippen molar-refractivity contribution in [3.8, 4) is 0 Å². The number of carbonyl (C=O) groups excluding carboxylic acids is 2. The van der Waals surface area contributed by atoms with Gasteiger partial charge in [-0.2, -0.15) is 13.2 Å². The van der Waals surface area contributed by atoms with Gasteiger partial charge in [0.05, 0.1) is 5.56 Å². The molecular weight excluding hydrogens is 397 g/mol. The number of nitrogens with two attached hydrogens (primary N) is 1. The Balaban J connectivity index is 2.14. The zero-order chi connectivity index (χ0) is 22.5. The van der Waals surface area contributed by atoms with Crippen molar-refractivity contribution in [2.75, 3.05) is 31.1 Å². The topological polar surface area (TPSA) is 79.5 Å². The third-order valence-corrected chi connectivity index (χ3v) is 5.48. The van der Waals surface area contributed by atoms with E-state index in [2.05, 4.69) is 4.98 Å². The highest BCUT2D eigenvalue weighted by Crippen LogP contribution is 2.35. The van der Waals surface area contributed by atoms with Crippen LogP contribution in [0.5, 0.6) is 0 Å². The number of carbonyl (C=O) groups is 2. The highest BCUT2D eigenvalue weighted by Gasteiger charge is 2.38. The second-order valence-electron chi connectivity index (χ2n) is 8.22. The van der Waals surface area contributed by atoms with E-state index in [0.29, 0.717) is 12.8 Å². The summed E-state index contributed by atoms with van der Waals surface area (Å²) >= 11 is 0. The maximum atomic E-state index is 13.3. The van der Waals surface area contributed by atoms with Crippen LogP contribution in [0.2, 0.25) is 0 Å². The van der Waals surface area contributed by atoms with Crippen molar-refractivity contribution >= 4 is 17.6 Å². The van der Waals surface area contributed by atoms with E-state index in [4.69, 9.17) is 5.73 Å². The standard InChI is InChI=1S/C21H31F3N4O2/c1-4-6-15(18(25)29)16(13-14(2)3)20(30)28-11-9-27(10-12-28)19-17(21(22,23)24)7-5-8-26-19/h5,7-8,14-16H,4,6,9-13H2,1-3H3,(H2,25,29)/t15-,16+/m0/s1. The van der Waals surface area contributed by atoms with E-state index in [0.717, 1.165) is 12.5 Å². The quantitative estimate of drug-likeness (QED) is 0.689. The molecule has 1 aliphatic heterocycles. The van der Waals surface area contributed by atoms with Crippen molar-refractivity contribution in [1.82, 2.24) is 9.88 Å². The molecule has 2 N–H and O–H groups in total. The number of anilines is 1. The van der Waals surface area contributed by atoms with Crippen LogP contribution in [-0.2, 0) is 15.8 Å². The number of aromatic nitrogens is 1. The molecule has 0 saturated carbocycles. The number of alkyl halides is 3. The predicted molar refractivity (Wildman–Crippen MR) is 109 cm³/mol. The van der Waals surface area contributed by atoms with Gasteiger partial charge in [0.2, 0.25) is 11.8 Å². The Hall–Kier alpha value is -2.32. The maximum Gasteiger partial charge on any atom is 0.419 e. The Bertz CT molecular complexity index is 731. The van der Waals surface area contributed by atoms with Crippen molar-refractivity contribution in [2.24, 2.45) is 23.5 Å². The summed E-state index contributed by atoms with van der Waals surface area (Å²) < 4.78 is 39.9. The first-order valence-electron chi connectivity index (χ1n) is 10.4. The molecule has 2 rings (SSSR count). The summed E-state index contributed by atoms with van der Waals surface area (Å²) in [6.45, 7) is 6.96. The van der Waals surface area contributed by atoms with Gasteiger partial charge in [-0.1, -0.05) is 27.2 Å². The molecule has 0 aromatic carbocycles. The Morgan fingerprint density at radius 3 is 2.30 bits per heavy atom. The molecule has 0 bridgehead atoms. The fourth-order valence-electron chi connectivity index (χ4n) is 4.04. The predicted octanol–water partition coefficient (Wildman–Crippen LogP) is 3.31. The van der Waals surface area contributed by atoms with Gasteiger partial charge in [-0.3, -0.25) is 9.59 Å². The van der Waals surface area contributed by atoms with Crippen LogP contribution in [0.3, 0.4) is 0 Å². The monoisotopic (exact) mass is 428 g/mol. The molecule has 30 heavy (non-hydrogen) atoms. The van der Waals surface area contributed by atoms with Crippen molar-refractivity contribution in [3.05, 3.63) is 23.9 Å². The Kier molecular flexibility index (Phi) is 8.09. The molecule has 1 aromatic heterocycles. The SMILES string of the molecule is CCC[C@H](C(N)=O)[C@@H](CC(C)C)C(=O)N1CCN(c2ncccc2C(F)(F)F)CC1. The lowest BCUT2D eigenvalue weighted by atomic mass is 9.81. The molecule has 2 atom stereocenters. The van der Waals surface area contributed by atoms with Gasteiger partial charge in [0, 0.05) is 44.2 Å². The van der Waals surface area contributed by atoms with Crippen molar-refractivity contribution in [3.63, 3.8) is 0 Å². The van der Waals surface area contributed by atoms with Crippen LogP contribution >= 0.6 is 0 Å². The Morgan fingerprint density at radius 2 is 1.80 bits per heavy atom. The average Bonchev–Trinajstić information content (AvgIpc) is 2.69. The second-order valence-corrected chi connectivity index (χ2v) is 8.22. The molecule has 168 valence electrons. The maximum absolute atomic E-state index is 13.3. The van der Waals surface area contributed by atoms with Crippen LogP contribution in [0.1, 0.15) is 45.6 Å². The molecule has 0 unspecified atom stereocenters. The van der Waals surface area contributed by atoms with Crippen molar-refractivity contribution < 1.29 is 22.8 Å². The van der Waals surface area contributed by atoms with E-state index in [1.165, 1.54) is 12.3 Å². The van der Waals surface area contributed by atoms with E-state index in [1.54, 1.807) is 9.80 Å². The van der Waals surface area contributed by atoms with Gasteiger partial charge in [-0.15, -0.1) is 0 Å². The molecule has 1 saturated heterocycles. The van der Waals surface area contributed by atoms with E-state index < -0.39 is 29.5 Å². The third kappa shape index (κ3) is 5.86. The lowest BCUT2D eigenvalue weighted by Gasteiger charge is -2.39. The molecule has 2 heterocycles. The molecular formula is C21H31F3N4O2. The third-order valence-electron chi connectivity index (χ3n) is 5.48. The number of rotatable bonds is 8. The molecule has 1 fully saturated rings. The van der Waals surface area contributed by atoms with Crippen LogP contribution < -0.4 is 10.6 Å². The number of piperazine rings is 1. The van der Waals surface area contributed by atoms with E-state index in [1.807, 2.05) is 20.8 Å². The summed E-state index contributed by atoms with van der Waals surface area (Å²) in [6.07, 6.45) is -1.33. The molecule has 1 aliphatic rings. The largest absolute Gasteiger partial charge is 0.419 e. The molecule has 1 aromatic rings. The molecule has 9 heteroatoms. The Morgan fingerprint density at radius 1 is 1.17 bits per heavy atom. The minimum absolute atomic E-state index is 0.114. The number of pyridine rings is 1. The number of hydrogen-bond donors (Lipinski definition) is 1. The molecule has 0 radical (unpaired) electrons. The van der Waals surface area contributed by atoms with Gasteiger partial charge in [0.1, 0.15) is 5.82 Å². The van der Waals surface area contributed by atoms with Gasteiger partial charge in [0.25, 0.3) is 0 Å². The summed E-state index contributed by atoms with van der Waals surface area (Å²) in [5.74, 6) is -1.56. The van der Waals surface area contributed by atoms with Crippen LogP contribution in [0.15, 0.2) is 18.3 Å². The van der Waals surface area contributed by atoms with Crippen molar-refractivity contribution in [2.45, 2.75) is 46.2 Å². The van der Waals surface area contributed by atoms with Crippen LogP contribution in [-0.4, -0.2) is 47.9 Å². The fourth-order valence-corrected chi connectivity index (χ4v) is 4.04. The number of hydrogen-bond acceptors (Lipinski definition) is 4. The second kappa shape index (κ2) is 10.1. The number of halogens is 3. The minimum Gasteiger partial charge on any atom is -0.369 e. The molecule has 0 aliphatic carbocycles. The molecule has 6 nitrogen and oxygen atoms in total. The average molecular weight is 428 g/mol. The zero-order valence-corrected chi connectivity index (χ0v) is 17.8. The van der Waals surface area contributed by atoms with E-state index in [9.17, 15) is 22.8 Å². The lowest BCUT2D eigenvalue weighted by Crippen LogP contribution is -2.52. The zero-order valence-electron chi connectivity index (χ0n) is 17.8. The summed E-state index contributed by atoms with van der Waals surface area (Å²) in [5.41, 5.74) is 4.81. The van der Waals surface area contributed by atoms with Crippen LogP contribution in [0.4, 0.5) is 19.0 Å². The van der Waals surface area contributed by atoms with Gasteiger partial charge in [0.15, 0.2) is 0 Å². The van der Waals surface area contributed by atoms with Gasteiger partial charge < -0.3 is 15.5 Å². The number of nitrogens with zero attached hydrogens (tertiary/aromatic N) is 3. The summed E-state index contributed by atoms with van der Waals surface area (Å²) in [5, 5.41) is 0. The van der Waals surface area contributed by atoms with Crippen LogP contribution in [0, 0.1) is 17.8 Å². The molecule has 2 amide bonds. The summed E-state index contributed by atoms with van der Waals surface area (Å²) in [7, 11) is 0. The van der Waals surface area contributed by atoms with Crippen molar-refractivity contribution in [1.29, 1.82) is 0 Å².